The average Bonchev–Trinajstić information content (AvgIpc) is 3.31. The van der Waals surface area contributed by atoms with E-state index < -0.39 is 29.2 Å². The number of alkyl halides is 6. The summed E-state index contributed by atoms with van der Waals surface area (Å²) < 4.78 is 90.3. The summed E-state index contributed by atoms with van der Waals surface area (Å²) in [6.07, 6.45) is -8.97. The van der Waals surface area contributed by atoms with E-state index in [9.17, 15) is 26.3 Å². The number of aromatic nitrogens is 2. The number of hydrogen-bond donors (Lipinski definition) is 0. The van der Waals surface area contributed by atoms with Gasteiger partial charge in [-0.3, -0.25) is 0 Å². The molecule has 10 heteroatoms. The van der Waals surface area contributed by atoms with Crippen LogP contribution in [-0.2, 0) is 12.4 Å². The first kappa shape index (κ1) is 21.7. The van der Waals surface area contributed by atoms with Crippen LogP contribution >= 0.6 is 0 Å². The van der Waals surface area contributed by atoms with Crippen molar-refractivity contribution >= 4 is 21.5 Å². The summed E-state index contributed by atoms with van der Waals surface area (Å²) in [6.45, 7) is 0. The number of halogens is 6. The lowest BCUT2D eigenvalue weighted by molar-refractivity contribution is -0.162. The molecular weight excluding hydrogens is 462 g/mol. The molecule has 5 rings (SSSR count). The lowest BCUT2D eigenvalue weighted by atomic mass is 10.0. The van der Waals surface area contributed by atoms with Crippen molar-refractivity contribution in [2.45, 2.75) is 12.4 Å². The van der Waals surface area contributed by atoms with Crippen LogP contribution in [0.5, 0.6) is 11.6 Å². The van der Waals surface area contributed by atoms with Crippen molar-refractivity contribution < 1.29 is 35.5 Å². The molecular formula is C24H12F6N2O2. The Bertz CT molecular complexity index is 1510. The van der Waals surface area contributed by atoms with Gasteiger partial charge in [-0.15, -0.1) is 10.2 Å². The summed E-state index contributed by atoms with van der Waals surface area (Å²) >= 11 is 0. The summed E-state index contributed by atoms with van der Waals surface area (Å²) in [5, 5.41) is 10.7. The minimum absolute atomic E-state index is 0.163. The highest BCUT2D eigenvalue weighted by atomic mass is 19.4. The monoisotopic (exact) mass is 474 g/mol. The second-order valence-electron chi connectivity index (χ2n) is 7.38. The second kappa shape index (κ2) is 7.75. The van der Waals surface area contributed by atoms with Crippen LogP contribution < -0.4 is 4.74 Å². The maximum absolute atomic E-state index is 13.3. The van der Waals surface area contributed by atoms with Crippen molar-refractivity contribution in [1.82, 2.24) is 10.2 Å². The number of nitrogens with zero attached hydrogens (tertiary/aromatic N) is 2. The van der Waals surface area contributed by atoms with Crippen LogP contribution in [0.25, 0.3) is 33.0 Å². The van der Waals surface area contributed by atoms with Gasteiger partial charge in [0.1, 0.15) is 11.4 Å². The molecule has 4 nitrogen and oxygen atoms in total. The third kappa shape index (κ3) is 3.91. The van der Waals surface area contributed by atoms with Gasteiger partial charge in [-0.25, -0.2) is 0 Å². The van der Waals surface area contributed by atoms with E-state index in [-0.39, 0.29) is 5.88 Å². The SMILES string of the molecule is FC(F)(F)c1ccc(Oc2nnc(-c3ccco3)c3cc4ccccc4cc23)cc1C(F)(F)F. The molecule has 172 valence electrons. The van der Waals surface area contributed by atoms with Crippen LogP contribution in [0.15, 0.2) is 77.4 Å². The number of benzene rings is 3. The van der Waals surface area contributed by atoms with Gasteiger partial charge in [0.05, 0.1) is 17.4 Å². The molecule has 0 aliphatic carbocycles. The zero-order chi connectivity index (χ0) is 24.1. The molecule has 0 unspecified atom stereocenters. The Labute approximate surface area is 187 Å². The lowest BCUT2D eigenvalue weighted by Gasteiger charge is -2.17. The quantitative estimate of drug-likeness (QED) is 0.197. The number of rotatable bonds is 3. The maximum atomic E-state index is 13.3. The zero-order valence-electron chi connectivity index (χ0n) is 16.9. The lowest BCUT2D eigenvalue weighted by Crippen LogP contribution is -2.16. The molecule has 0 atom stereocenters. The van der Waals surface area contributed by atoms with Gasteiger partial charge in [0, 0.05) is 10.8 Å². The topological polar surface area (TPSA) is 48.2 Å². The smallest absolute Gasteiger partial charge is 0.417 e. The predicted molar refractivity (Wildman–Crippen MR) is 111 cm³/mol. The van der Waals surface area contributed by atoms with Gasteiger partial charge in [-0.1, -0.05) is 24.3 Å². The number of fused-ring (bicyclic) bond motifs is 2. The van der Waals surface area contributed by atoms with E-state index in [1.165, 1.54) is 6.26 Å². The molecule has 3 aromatic carbocycles. The van der Waals surface area contributed by atoms with Crippen molar-refractivity contribution in [3.63, 3.8) is 0 Å². The summed E-state index contributed by atoms with van der Waals surface area (Å²) in [5.41, 5.74) is -3.28. The van der Waals surface area contributed by atoms with Crippen LogP contribution in [0.1, 0.15) is 11.1 Å². The third-order valence-corrected chi connectivity index (χ3v) is 5.18. The summed E-state index contributed by atoms with van der Waals surface area (Å²) in [4.78, 5) is 0. The van der Waals surface area contributed by atoms with Crippen molar-refractivity contribution in [3.05, 3.63) is 84.1 Å². The normalized spacial score (nSPS) is 12.4. The van der Waals surface area contributed by atoms with E-state index in [4.69, 9.17) is 9.15 Å². The van der Waals surface area contributed by atoms with Crippen LogP contribution in [0, 0.1) is 0 Å². The fourth-order valence-corrected chi connectivity index (χ4v) is 3.67. The third-order valence-electron chi connectivity index (χ3n) is 5.18. The van der Waals surface area contributed by atoms with Crippen molar-refractivity contribution in [2.24, 2.45) is 0 Å². The number of furan rings is 1. The number of hydrogen-bond acceptors (Lipinski definition) is 4. The van der Waals surface area contributed by atoms with E-state index in [0.717, 1.165) is 16.8 Å². The largest absolute Gasteiger partial charge is 0.463 e. The van der Waals surface area contributed by atoms with Crippen LogP contribution in [-0.4, -0.2) is 10.2 Å². The Balaban J connectivity index is 1.68. The molecule has 0 radical (unpaired) electrons. The molecule has 0 bridgehead atoms. The zero-order valence-corrected chi connectivity index (χ0v) is 16.9. The van der Waals surface area contributed by atoms with Gasteiger partial charge < -0.3 is 9.15 Å². The van der Waals surface area contributed by atoms with Crippen LogP contribution in [0.2, 0.25) is 0 Å². The van der Waals surface area contributed by atoms with E-state index in [2.05, 4.69) is 10.2 Å². The Morgan fingerprint density at radius 1 is 0.676 bits per heavy atom. The van der Waals surface area contributed by atoms with Crippen LogP contribution in [0.4, 0.5) is 26.3 Å². The second-order valence-corrected chi connectivity index (χ2v) is 7.38. The van der Waals surface area contributed by atoms with Crippen molar-refractivity contribution in [3.8, 4) is 23.1 Å². The molecule has 0 aliphatic heterocycles. The number of ether oxygens (including phenoxy) is 1. The van der Waals surface area contributed by atoms with E-state index in [0.29, 0.717) is 34.4 Å². The van der Waals surface area contributed by atoms with Gasteiger partial charge in [0.2, 0.25) is 5.88 Å². The first-order chi connectivity index (χ1) is 16.1. The average molecular weight is 474 g/mol. The molecule has 0 aliphatic rings. The van der Waals surface area contributed by atoms with E-state index in [1.54, 1.807) is 24.3 Å². The first-order valence-corrected chi connectivity index (χ1v) is 9.80. The minimum atomic E-state index is -5.24. The molecule has 5 aromatic rings. The fraction of sp³-hybridized carbons (Fsp3) is 0.0833. The molecule has 2 aromatic heterocycles. The van der Waals surface area contributed by atoms with Gasteiger partial charge in [0.25, 0.3) is 0 Å². The molecule has 0 amide bonds. The van der Waals surface area contributed by atoms with Crippen molar-refractivity contribution in [2.75, 3.05) is 0 Å². The van der Waals surface area contributed by atoms with E-state index in [1.807, 2.05) is 24.3 Å². The van der Waals surface area contributed by atoms with Crippen LogP contribution in [0.3, 0.4) is 0 Å². The fourth-order valence-electron chi connectivity index (χ4n) is 3.67. The van der Waals surface area contributed by atoms with E-state index >= 15 is 0 Å². The standard InChI is InChI=1S/C24H12F6N2O2/c25-23(26,27)18-8-7-15(12-19(18)24(28,29)30)34-22-17-11-14-5-2-1-4-13(14)10-16(17)21(31-32-22)20-6-3-9-33-20/h1-12H. The molecule has 2 heterocycles. The molecule has 34 heavy (non-hydrogen) atoms. The van der Waals surface area contributed by atoms with Gasteiger partial charge >= 0.3 is 12.4 Å². The Hall–Kier alpha value is -4.08. The Morgan fingerprint density at radius 3 is 1.97 bits per heavy atom. The highest BCUT2D eigenvalue weighted by Gasteiger charge is 2.43. The van der Waals surface area contributed by atoms with Gasteiger partial charge in [0.15, 0.2) is 5.76 Å². The Kier molecular flexibility index (Phi) is 4.96. The van der Waals surface area contributed by atoms with Gasteiger partial charge in [-0.05, 0) is 53.2 Å². The summed E-state index contributed by atoms with van der Waals surface area (Å²) in [6, 6.07) is 15.6. The van der Waals surface area contributed by atoms with Crippen molar-refractivity contribution in [1.29, 1.82) is 0 Å². The molecule has 0 spiro atoms. The van der Waals surface area contributed by atoms with Gasteiger partial charge in [-0.2, -0.15) is 26.3 Å². The predicted octanol–water partition coefficient (Wildman–Crippen LogP) is 7.87. The highest BCUT2D eigenvalue weighted by molar-refractivity contribution is 6.05. The molecule has 0 fully saturated rings. The minimum Gasteiger partial charge on any atom is -0.463 e. The molecule has 0 saturated heterocycles. The summed E-state index contributed by atoms with van der Waals surface area (Å²) in [5.74, 6) is -0.216. The highest BCUT2D eigenvalue weighted by Crippen LogP contribution is 2.43. The maximum Gasteiger partial charge on any atom is 0.417 e. The first-order valence-electron chi connectivity index (χ1n) is 9.80. The molecule has 0 saturated carbocycles. The molecule has 0 N–H and O–H groups in total. The summed E-state index contributed by atoms with van der Waals surface area (Å²) in [7, 11) is 0. The Morgan fingerprint density at radius 2 is 1.35 bits per heavy atom.